The van der Waals surface area contributed by atoms with E-state index in [0.29, 0.717) is 11.7 Å². The highest BCUT2D eigenvalue weighted by Crippen LogP contribution is 2.18. The minimum Gasteiger partial charge on any atom is -0.491 e. The number of fused-ring (bicyclic) bond motifs is 1. The van der Waals surface area contributed by atoms with Gasteiger partial charge in [0.25, 0.3) is 5.56 Å². The first kappa shape index (κ1) is 21.6. The molecule has 9 heteroatoms. The monoisotopic (exact) mass is 415 g/mol. The van der Waals surface area contributed by atoms with Crippen molar-refractivity contribution in [2.45, 2.75) is 52.3 Å². The summed E-state index contributed by atoms with van der Waals surface area (Å²) in [6, 6.07) is 7.81. The van der Waals surface area contributed by atoms with E-state index in [2.05, 4.69) is 22.2 Å². The van der Waals surface area contributed by atoms with Crippen LogP contribution in [0.5, 0.6) is 5.75 Å². The maximum atomic E-state index is 12.5. The second kappa shape index (κ2) is 9.17. The first-order valence-electron chi connectivity index (χ1n) is 10.2. The Morgan fingerprint density at radius 1 is 1.30 bits per heavy atom. The summed E-state index contributed by atoms with van der Waals surface area (Å²) in [6.45, 7) is 6.23. The van der Waals surface area contributed by atoms with Crippen LogP contribution in [0.1, 0.15) is 32.8 Å². The van der Waals surface area contributed by atoms with Gasteiger partial charge in [-0.1, -0.05) is 26.0 Å². The Hall–Kier alpha value is -3.07. The number of hydrogen-bond donors (Lipinski definition) is 3. The molecule has 0 radical (unpaired) electrons. The first-order valence-corrected chi connectivity index (χ1v) is 10.2. The van der Waals surface area contributed by atoms with Gasteiger partial charge in [-0.15, -0.1) is 0 Å². The zero-order valence-corrected chi connectivity index (χ0v) is 17.8. The normalized spacial score (nSPS) is 13.4. The minimum absolute atomic E-state index is 0.0548. The summed E-state index contributed by atoms with van der Waals surface area (Å²) in [7, 11) is 1.55. The molecule has 0 aliphatic rings. The Morgan fingerprint density at radius 3 is 2.77 bits per heavy atom. The third-order valence-corrected chi connectivity index (χ3v) is 5.14. The zero-order chi connectivity index (χ0) is 21.8. The van der Waals surface area contributed by atoms with Gasteiger partial charge in [0.05, 0.1) is 6.54 Å². The summed E-state index contributed by atoms with van der Waals surface area (Å²) >= 11 is 0. The van der Waals surface area contributed by atoms with Crippen LogP contribution in [0.15, 0.2) is 33.9 Å². The number of aromatic amines is 1. The fourth-order valence-corrected chi connectivity index (χ4v) is 3.16. The zero-order valence-electron chi connectivity index (χ0n) is 17.8. The molecule has 0 fully saturated rings. The average molecular weight is 415 g/mol. The molecule has 0 aliphatic heterocycles. The van der Waals surface area contributed by atoms with Crippen molar-refractivity contribution in [2.75, 3.05) is 11.9 Å². The topological polar surface area (TPSA) is 114 Å². The second-order valence-corrected chi connectivity index (χ2v) is 7.46. The smallest absolute Gasteiger partial charge is 0.329 e. The number of ether oxygens (including phenoxy) is 1. The highest BCUT2D eigenvalue weighted by molar-refractivity contribution is 5.74. The van der Waals surface area contributed by atoms with E-state index >= 15 is 0 Å². The van der Waals surface area contributed by atoms with Crippen LogP contribution >= 0.6 is 0 Å². The third kappa shape index (κ3) is 4.56. The number of aliphatic hydroxyl groups excluding tert-OH is 1. The summed E-state index contributed by atoms with van der Waals surface area (Å²) in [6.07, 6.45) is 0.854. The second-order valence-electron chi connectivity index (χ2n) is 7.46. The lowest BCUT2D eigenvalue weighted by Crippen LogP contribution is -2.31. The van der Waals surface area contributed by atoms with E-state index in [0.717, 1.165) is 18.4 Å². The van der Waals surface area contributed by atoms with E-state index in [1.807, 2.05) is 38.1 Å². The summed E-state index contributed by atoms with van der Waals surface area (Å²) in [5.41, 5.74) is 0.567. The van der Waals surface area contributed by atoms with Crippen LogP contribution in [-0.2, 0) is 20.0 Å². The van der Waals surface area contributed by atoms with Crippen LogP contribution in [0.2, 0.25) is 0 Å². The van der Waals surface area contributed by atoms with Crippen LogP contribution in [0.25, 0.3) is 11.2 Å². The van der Waals surface area contributed by atoms with Gasteiger partial charge in [-0.3, -0.25) is 14.3 Å². The van der Waals surface area contributed by atoms with E-state index in [4.69, 9.17) is 4.74 Å². The van der Waals surface area contributed by atoms with Crippen molar-refractivity contribution in [2.24, 2.45) is 7.05 Å². The molecule has 9 nitrogen and oxygen atoms in total. The van der Waals surface area contributed by atoms with E-state index in [1.54, 1.807) is 11.6 Å². The molecule has 3 N–H and O–H groups in total. The lowest BCUT2D eigenvalue weighted by molar-refractivity contribution is 0.0937. The van der Waals surface area contributed by atoms with Crippen molar-refractivity contribution in [1.29, 1.82) is 0 Å². The van der Waals surface area contributed by atoms with Crippen molar-refractivity contribution in [3.05, 3.63) is 50.7 Å². The Morgan fingerprint density at radius 2 is 2.07 bits per heavy atom. The Bertz CT molecular complexity index is 1130. The van der Waals surface area contributed by atoms with Crippen LogP contribution in [0.4, 0.5) is 5.95 Å². The predicted octanol–water partition coefficient (Wildman–Crippen LogP) is 1.64. The largest absolute Gasteiger partial charge is 0.491 e. The molecule has 0 unspecified atom stereocenters. The van der Waals surface area contributed by atoms with E-state index < -0.39 is 17.4 Å². The standard InChI is InChI=1S/C21H29N5O4/c1-5-13(3)22-20-23-18-17(19(28)24-21(29)25(18)4)26(20)11-15(27)12-30-16-9-7-8-14(6-2)10-16/h7-10,13,15,27H,5-6,11-12H2,1-4H3,(H,22,23)(H,24,28,29)/t13-,15-/m1/s1. The third-order valence-electron chi connectivity index (χ3n) is 5.14. The number of nitrogens with zero attached hydrogens (tertiary/aromatic N) is 3. The van der Waals surface area contributed by atoms with Crippen molar-refractivity contribution in [3.63, 3.8) is 0 Å². The molecule has 30 heavy (non-hydrogen) atoms. The molecule has 0 bridgehead atoms. The number of nitrogens with one attached hydrogen (secondary N) is 2. The SMILES string of the molecule is CCc1cccc(OC[C@H](O)Cn2c(N[C@H](C)CC)nc3c2c(=O)[nH]c(=O)n3C)c1. The lowest BCUT2D eigenvalue weighted by Gasteiger charge is -2.18. The van der Waals surface area contributed by atoms with E-state index in [1.165, 1.54) is 4.57 Å². The van der Waals surface area contributed by atoms with Gasteiger partial charge in [-0.05, 0) is 37.5 Å². The van der Waals surface area contributed by atoms with Crippen LogP contribution in [0.3, 0.4) is 0 Å². The van der Waals surface area contributed by atoms with Gasteiger partial charge in [-0.25, -0.2) is 4.79 Å². The molecule has 2 heterocycles. The molecular weight excluding hydrogens is 386 g/mol. The number of aliphatic hydroxyl groups is 1. The number of anilines is 1. The predicted molar refractivity (Wildman–Crippen MR) is 116 cm³/mol. The summed E-state index contributed by atoms with van der Waals surface area (Å²) in [5.74, 6) is 1.11. The van der Waals surface area contributed by atoms with Crippen LogP contribution in [-0.4, -0.2) is 43.0 Å². The van der Waals surface area contributed by atoms with Gasteiger partial charge >= 0.3 is 5.69 Å². The molecule has 3 rings (SSSR count). The molecule has 1 aromatic carbocycles. The van der Waals surface area contributed by atoms with Crippen molar-refractivity contribution in [1.82, 2.24) is 19.1 Å². The fraction of sp³-hybridized carbons (Fsp3) is 0.476. The maximum Gasteiger partial charge on any atom is 0.329 e. The van der Waals surface area contributed by atoms with Gasteiger partial charge in [-0.2, -0.15) is 4.98 Å². The van der Waals surface area contributed by atoms with Gasteiger partial charge < -0.3 is 19.7 Å². The molecule has 0 amide bonds. The maximum absolute atomic E-state index is 12.5. The molecule has 3 aromatic rings. The Balaban J connectivity index is 1.89. The highest BCUT2D eigenvalue weighted by atomic mass is 16.5. The van der Waals surface area contributed by atoms with Gasteiger partial charge in [0, 0.05) is 13.1 Å². The summed E-state index contributed by atoms with van der Waals surface area (Å²) in [4.78, 5) is 31.2. The summed E-state index contributed by atoms with van der Waals surface area (Å²) < 4.78 is 8.63. The number of hydrogen-bond acceptors (Lipinski definition) is 6. The number of benzene rings is 1. The first-order chi connectivity index (χ1) is 14.3. The number of H-pyrrole nitrogens is 1. The van der Waals surface area contributed by atoms with Gasteiger partial charge in [0.1, 0.15) is 18.5 Å². The fourth-order valence-electron chi connectivity index (χ4n) is 3.16. The van der Waals surface area contributed by atoms with Gasteiger partial charge in [0.2, 0.25) is 5.95 Å². The van der Waals surface area contributed by atoms with Crippen molar-refractivity contribution in [3.8, 4) is 5.75 Å². The van der Waals surface area contributed by atoms with Crippen LogP contribution < -0.4 is 21.3 Å². The Labute approximate surface area is 174 Å². The van der Waals surface area contributed by atoms with E-state index in [-0.39, 0.29) is 30.4 Å². The number of aromatic nitrogens is 4. The highest BCUT2D eigenvalue weighted by Gasteiger charge is 2.20. The number of imidazole rings is 1. The minimum atomic E-state index is -0.887. The van der Waals surface area contributed by atoms with Crippen molar-refractivity contribution < 1.29 is 9.84 Å². The lowest BCUT2D eigenvalue weighted by atomic mass is 10.2. The quantitative estimate of drug-likeness (QED) is 0.490. The van der Waals surface area contributed by atoms with Crippen molar-refractivity contribution >= 4 is 17.1 Å². The molecule has 0 spiro atoms. The summed E-state index contributed by atoms with van der Waals surface area (Å²) in [5, 5.41) is 13.9. The molecule has 2 atom stereocenters. The molecule has 0 saturated carbocycles. The Kier molecular flexibility index (Phi) is 6.61. The molecule has 0 saturated heterocycles. The number of rotatable bonds is 9. The molecule has 162 valence electrons. The average Bonchev–Trinajstić information content (AvgIpc) is 3.09. The molecule has 2 aromatic heterocycles. The van der Waals surface area contributed by atoms with E-state index in [9.17, 15) is 14.7 Å². The number of aryl methyl sites for hydroxylation is 2. The van der Waals surface area contributed by atoms with Crippen LogP contribution in [0, 0.1) is 0 Å². The molecular formula is C21H29N5O4. The van der Waals surface area contributed by atoms with Gasteiger partial charge in [0.15, 0.2) is 11.2 Å². The molecule has 0 aliphatic carbocycles.